The van der Waals surface area contributed by atoms with Crippen molar-refractivity contribution in [2.75, 3.05) is 13.1 Å². The normalized spacial score (nSPS) is 16.1. The number of carboxylic acids is 1. The van der Waals surface area contributed by atoms with Crippen molar-refractivity contribution in [3.63, 3.8) is 0 Å². The number of primary amides is 1. The number of hydrogen-bond acceptors (Lipinski definition) is 7. The molecule has 4 atom stereocenters. The Bertz CT molecular complexity index is 1050. The van der Waals surface area contributed by atoms with E-state index in [1.54, 1.807) is 39.5 Å². The van der Waals surface area contributed by atoms with Crippen LogP contribution in [0.1, 0.15) is 93.4 Å². The van der Waals surface area contributed by atoms with Gasteiger partial charge in [0.25, 0.3) is 0 Å². The van der Waals surface area contributed by atoms with Crippen LogP contribution in [-0.4, -0.2) is 88.7 Å². The Kier molecular flexibility index (Phi) is 15.3. The fourth-order valence-corrected chi connectivity index (χ4v) is 4.98. The van der Waals surface area contributed by atoms with Gasteiger partial charge < -0.3 is 37.0 Å². The minimum atomic E-state index is -1.57. The molecule has 1 heterocycles. The molecule has 14 nitrogen and oxygen atoms in total. The second-order valence-corrected chi connectivity index (χ2v) is 12.9. The predicted molar refractivity (Wildman–Crippen MR) is 163 cm³/mol. The van der Waals surface area contributed by atoms with E-state index in [1.165, 1.54) is 0 Å². The Labute approximate surface area is 260 Å². The van der Waals surface area contributed by atoms with Crippen LogP contribution in [0.4, 0.5) is 0 Å². The van der Waals surface area contributed by atoms with E-state index < -0.39 is 77.9 Å². The summed E-state index contributed by atoms with van der Waals surface area (Å²) in [5.74, 6) is -5.94. The molecule has 0 saturated carbocycles. The van der Waals surface area contributed by atoms with Crippen molar-refractivity contribution in [2.24, 2.45) is 23.0 Å². The first kappa shape index (κ1) is 38.3. The summed E-state index contributed by atoms with van der Waals surface area (Å²) in [6, 6.07) is -5.39. The second-order valence-electron chi connectivity index (χ2n) is 12.9. The third kappa shape index (κ3) is 12.5. The first-order valence-corrected chi connectivity index (χ1v) is 15.4. The van der Waals surface area contributed by atoms with Crippen molar-refractivity contribution in [2.45, 2.75) is 118 Å². The topological polar surface area (TPSA) is 217 Å². The molecule has 0 bridgehead atoms. The number of nitrogens with two attached hydrogens (primary N) is 1. The van der Waals surface area contributed by atoms with Crippen LogP contribution in [0.25, 0.3) is 0 Å². The minimum Gasteiger partial charge on any atom is -0.480 e. The first-order chi connectivity index (χ1) is 20.4. The maximum absolute atomic E-state index is 13.6. The van der Waals surface area contributed by atoms with E-state index in [4.69, 9.17) is 5.73 Å². The van der Waals surface area contributed by atoms with Gasteiger partial charge in [0.1, 0.15) is 24.2 Å². The highest BCUT2D eigenvalue weighted by Crippen LogP contribution is 2.21. The highest BCUT2D eigenvalue weighted by Gasteiger charge is 2.38. The molecule has 6 amide bonds. The second kappa shape index (κ2) is 17.6. The van der Waals surface area contributed by atoms with Crippen molar-refractivity contribution < 1.29 is 38.7 Å². The Morgan fingerprint density at radius 2 is 1.23 bits per heavy atom. The number of nitrogens with one attached hydrogen (secondary N) is 4. The number of nitrogens with zero attached hydrogens (tertiary/aromatic N) is 1. The number of carbonyl (C=O) groups excluding carboxylic acids is 6. The standard InChI is InChI=1S/C30H52N6O8/c1-8-18(9-2)25(39)35-24(30(5,6)7)28(42)33-20(16-23(38)36-12-10-11-13-36)27(41)32-19(15-22(31)37)26(40)34-21(29(43)44)14-17(3)4/h17-21,24H,8-16H2,1-7H3,(H2,31,37)(H,32,41)(H,33,42)(H,34,40)(H,35,39)(H,43,44). The molecule has 7 N–H and O–H groups in total. The summed E-state index contributed by atoms with van der Waals surface area (Å²) in [5, 5.41) is 19.6. The molecule has 1 aliphatic heterocycles. The predicted octanol–water partition coefficient (Wildman–Crippen LogP) is 0.427. The van der Waals surface area contributed by atoms with E-state index in [-0.39, 0.29) is 24.2 Å². The quantitative estimate of drug-likeness (QED) is 0.133. The molecule has 0 spiro atoms. The zero-order valence-electron chi connectivity index (χ0n) is 27.2. The molecule has 0 aromatic carbocycles. The molecule has 1 rings (SSSR count). The van der Waals surface area contributed by atoms with Crippen LogP contribution < -0.4 is 27.0 Å². The Morgan fingerprint density at radius 3 is 1.66 bits per heavy atom. The van der Waals surface area contributed by atoms with Gasteiger partial charge in [-0.1, -0.05) is 48.5 Å². The monoisotopic (exact) mass is 624 g/mol. The molecule has 44 heavy (non-hydrogen) atoms. The largest absolute Gasteiger partial charge is 0.480 e. The van der Waals surface area contributed by atoms with Crippen LogP contribution in [0.15, 0.2) is 0 Å². The van der Waals surface area contributed by atoms with E-state index in [2.05, 4.69) is 21.3 Å². The molecule has 1 fully saturated rings. The molecular formula is C30H52N6O8. The number of rotatable bonds is 17. The number of likely N-dealkylation sites (tertiary alicyclic amines) is 1. The highest BCUT2D eigenvalue weighted by molar-refractivity contribution is 5.98. The van der Waals surface area contributed by atoms with Gasteiger partial charge in [0.05, 0.1) is 12.8 Å². The summed E-state index contributed by atoms with van der Waals surface area (Å²) in [4.78, 5) is 91.3. The zero-order chi connectivity index (χ0) is 33.8. The highest BCUT2D eigenvalue weighted by atomic mass is 16.4. The van der Waals surface area contributed by atoms with Crippen LogP contribution >= 0.6 is 0 Å². The lowest BCUT2D eigenvalue weighted by Gasteiger charge is -2.33. The summed E-state index contributed by atoms with van der Waals surface area (Å²) < 4.78 is 0. The van der Waals surface area contributed by atoms with Crippen LogP contribution in [0, 0.1) is 17.3 Å². The van der Waals surface area contributed by atoms with Crippen molar-refractivity contribution in [1.82, 2.24) is 26.2 Å². The van der Waals surface area contributed by atoms with Gasteiger partial charge in [-0.3, -0.25) is 28.8 Å². The molecule has 250 valence electrons. The third-order valence-electron chi connectivity index (χ3n) is 7.60. The number of hydrogen-bond donors (Lipinski definition) is 6. The number of amides is 6. The minimum absolute atomic E-state index is 0.0852. The van der Waals surface area contributed by atoms with Crippen LogP contribution in [0.3, 0.4) is 0 Å². The average Bonchev–Trinajstić information content (AvgIpc) is 3.45. The van der Waals surface area contributed by atoms with E-state index in [9.17, 15) is 38.7 Å². The third-order valence-corrected chi connectivity index (χ3v) is 7.60. The van der Waals surface area contributed by atoms with Gasteiger partial charge in [0.2, 0.25) is 35.4 Å². The summed E-state index contributed by atoms with van der Waals surface area (Å²) in [7, 11) is 0. The number of aliphatic carboxylic acids is 1. The molecule has 0 aliphatic carbocycles. The number of carboxylic acid groups (broad SMARTS) is 1. The molecule has 0 radical (unpaired) electrons. The van der Waals surface area contributed by atoms with Crippen LogP contribution in [0.5, 0.6) is 0 Å². The molecule has 14 heteroatoms. The van der Waals surface area contributed by atoms with Crippen molar-refractivity contribution >= 4 is 41.4 Å². The molecular weight excluding hydrogens is 572 g/mol. The lowest BCUT2D eigenvalue weighted by molar-refractivity contribution is -0.143. The Balaban J connectivity index is 3.31. The maximum Gasteiger partial charge on any atom is 0.326 e. The Hall–Kier alpha value is -3.71. The van der Waals surface area contributed by atoms with Gasteiger partial charge in [-0.25, -0.2) is 4.79 Å². The van der Waals surface area contributed by atoms with Crippen LogP contribution in [-0.2, 0) is 33.6 Å². The van der Waals surface area contributed by atoms with Crippen molar-refractivity contribution in [1.29, 1.82) is 0 Å². The fraction of sp³-hybridized carbons (Fsp3) is 0.767. The smallest absolute Gasteiger partial charge is 0.326 e. The van der Waals surface area contributed by atoms with E-state index in [0.29, 0.717) is 25.9 Å². The average molecular weight is 625 g/mol. The van der Waals surface area contributed by atoms with E-state index in [0.717, 1.165) is 12.8 Å². The summed E-state index contributed by atoms with van der Waals surface area (Å²) in [6.07, 6.45) is 1.74. The molecule has 4 unspecified atom stereocenters. The van der Waals surface area contributed by atoms with E-state index >= 15 is 0 Å². The molecule has 0 aromatic rings. The Morgan fingerprint density at radius 1 is 0.750 bits per heavy atom. The van der Waals surface area contributed by atoms with Gasteiger partial charge in [-0.2, -0.15) is 0 Å². The van der Waals surface area contributed by atoms with Crippen LogP contribution in [0.2, 0.25) is 0 Å². The zero-order valence-corrected chi connectivity index (χ0v) is 27.2. The molecule has 0 aromatic heterocycles. The summed E-state index contributed by atoms with van der Waals surface area (Å²) in [5.41, 5.74) is 4.55. The lowest BCUT2D eigenvalue weighted by atomic mass is 9.85. The number of carbonyl (C=O) groups is 7. The maximum atomic E-state index is 13.6. The summed E-state index contributed by atoms with van der Waals surface area (Å²) >= 11 is 0. The van der Waals surface area contributed by atoms with E-state index in [1.807, 2.05) is 13.8 Å². The van der Waals surface area contributed by atoms with Gasteiger partial charge in [-0.15, -0.1) is 0 Å². The summed E-state index contributed by atoms with van der Waals surface area (Å²) in [6.45, 7) is 13.5. The SMILES string of the molecule is CCC(CC)C(=O)NC(C(=O)NC(CC(=O)N1CCCC1)C(=O)NC(CC(N)=O)C(=O)NC(CC(C)C)C(=O)O)C(C)(C)C. The van der Waals surface area contributed by atoms with Gasteiger partial charge in [0.15, 0.2) is 0 Å². The molecule has 1 saturated heterocycles. The van der Waals surface area contributed by atoms with Crippen molar-refractivity contribution in [3.8, 4) is 0 Å². The van der Waals surface area contributed by atoms with Gasteiger partial charge in [0, 0.05) is 19.0 Å². The molecule has 1 aliphatic rings. The van der Waals surface area contributed by atoms with Gasteiger partial charge >= 0.3 is 5.97 Å². The fourth-order valence-electron chi connectivity index (χ4n) is 4.98. The van der Waals surface area contributed by atoms with Gasteiger partial charge in [-0.05, 0) is 43.4 Å². The first-order valence-electron chi connectivity index (χ1n) is 15.4. The van der Waals surface area contributed by atoms with Crippen molar-refractivity contribution in [3.05, 3.63) is 0 Å². The lowest BCUT2D eigenvalue weighted by Crippen LogP contribution is -2.61.